The van der Waals surface area contributed by atoms with Crippen LogP contribution in [0.5, 0.6) is 0 Å². The molecule has 1 aliphatic heterocycles. The van der Waals surface area contributed by atoms with Crippen molar-refractivity contribution >= 4 is 22.8 Å². The number of carbonyl (C=O) groups is 1. The molecular formula is C20H23N5O. The number of anilines is 1. The van der Waals surface area contributed by atoms with Gasteiger partial charge in [0.1, 0.15) is 0 Å². The molecule has 4 rings (SSSR count). The Balaban J connectivity index is 1.35. The summed E-state index contributed by atoms with van der Waals surface area (Å²) in [6.45, 7) is 5.09. The Labute approximate surface area is 152 Å². The quantitative estimate of drug-likeness (QED) is 0.786. The number of H-pyrrole nitrogens is 1. The Hall–Kier alpha value is -2.89. The van der Waals surface area contributed by atoms with E-state index < -0.39 is 0 Å². The highest BCUT2D eigenvalue weighted by molar-refractivity contribution is 5.85. The van der Waals surface area contributed by atoms with Gasteiger partial charge in [-0.3, -0.25) is 4.79 Å². The summed E-state index contributed by atoms with van der Waals surface area (Å²) in [4.78, 5) is 28.7. The first-order valence-electron chi connectivity index (χ1n) is 9.08. The lowest BCUT2D eigenvalue weighted by Crippen LogP contribution is -2.49. The van der Waals surface area contributed by atoms with Gasteiger partial charge in [-0.2, -0.15) is 0 Å². The first-order valence-corrected chi connectivity index (χ1v) is 9.08. The van der Waals surface area contributed by atoms with Gasteiger partial charge in [-0.25, -0.2) is 9.97 Å². The van der Waals surface area contributed by atoms with Crippen LogP contribution < -0.4 is 4.90 Å². The third-order valence-electron chi connectivity index (χ3n) is 5.08. The number of hydrogen-bond acceptors (Lipinski definition) is 4. The Morgan fingerprint density at radius 3 is 2.58 bits per heavy atom. The highest BCUT2D eigenvalue weighted by Gasteiger charge is 2.22. The second kappa shape index (κ2) is 7.15. The SMILES string of the molecule is Cc1[nH]c2ccccc2c1CCC(=O)N1CCN(c2ncccn2)CC1. The molecule has 1 aromatic carbocycles. The number of nitrogens with zero attached hydrogens (tertiary/aromatic N) is 4. The molecule has 3 heterocycles. The molecule has 0 aliphatic carbocycles. The van der Waals surface area contributed by atoms with E-state index in [-0.39, 0.29) is 5.91 Å². The van der Waals surface area contributed by atoms with Crippen molar-refractivity contribution in [1.29, 1.82) is 0 Å². The van der Waals surface area contributed by atoms with Gasteiger partial charge >= 0.3 is 0 Å². The number of aromatic nitrogens is 3. The molecule has 26 heavy (non-hydrogen) atoms. The fourth-order valence-corrected chi connectivity index (χ4v) is 3.66. The summed E-state index contributed by atoms with van der Waals surface area (Å²) in [6, 6.07) is 10.1. The Kier molecular flexibility index (Phi) is 4.56. The summed E-state index contributed by atoms with van der Waals surface area (Å²) in [7, 11) is 0. The van der Waals surface area contributed by atoms with Crippen LogP contribution in [0, 0.1) is 6.92 Å². The lowest BCUT2D eigenvalue weighted by Gasteiger charge is -2.34. The van der Waals surface area contributed by atoms with Gasteiger partial charge in [0.15, 0.2) is 0 Å². The predicted molar refractivity (Wildman–Crippen MR) is 102 cm³/mol. The zero-order valence-electron chi connectivity index (χ0n) is 15.0. The van der Waals surface area contributed by atoms with Gasteiger partial charge in [0, 0.05) is 61.6 Å². The molecule has 0 saturated carbocycles. The number of fused-ring (bicyclic) bond motifs is 1. The maximum absolute atomic E-state index is 12.6. The molecule has 1 fully saturated rings. The summed E-state index contributed by atoms with van der Waals surface area (Å²) in [5, 5.41) is 1.23. The lowest BCUT2D eigenvalue weighted by atomic mass is 10.1. The van der Waals surface area contributed by atoms with E-state index in [2.05, 4.69) is 38.9 Å². The van der Waals surface area contributed by atoms with E-state index in [0.29, 0.717) is 6.42 Å². The van der Waals surface area contributed by atoms with Gasteiger partial charge in [0.2, 0.25) is 11.9 Å². The number of nitrogens with one attached hydrogen (secondary N) is 1. The van der Waals surface area contributed by atoms with Gasteiger partial charge in [-0.1, -0.05) is 18.2 Å². The van der Waals surface area contributed by atoms with Crippen molar-refractivity contribution in [3.63, 3.8) is 0 Å². The van der Waals surface area contributed by atoms with Crippen LogP contribution in [-0.2, 0) is 11.2 Å². The maximum Gasteiger partial charge on any atom is 0.225 e. The second-order valence-corrected chi connectivity index (χ2v) is 6.69. The third-order valence-corrected chi connectivity index (χ3v) is 5.08. The molecule has 134 valence electrons. The number of benzene rings is 1. The van der Waals surface area contributed by atoms with Gasteiger partial charge in [0.25, 0.3) is 0 Å². The molecule has 0 spiro atoms. The molecule has 1 amide bonds. The number of piperazine rings is 1. The molecule has 6 heteroatoms. The summed E-state index contributed by atoms with van der Waals surface area (Å²) in [5.74, 6) is 0.970. The fraction of sp³-hybridized carbons (Fsp3) is 0.350. The van der Waals surface area contributed by atoms with Crippen LogP contribution in [0.3, 0.4) is 0 Å². The number of aromatic amines is 1. The minimum absolute atomic E-state index is 0.225. The normalized spacial score (nSPS) is 14.8. The van der Waals surface area contributed by atoms with Crippen LogP contribution >= 0.6 is 0 Å². The zero-order valence-corrected chi connectivity index (χ0v) is 15.0. The van der Waals surface area contributed by atoms with Crippen LogP contribution in [0.15, 0.2) is 42.7 Å². The zero-order chi connectivity index (χ0) is 17.9. The van der Waals surface area contributed by atoms with Crippen molar-refractivity contribution in [2.75, 3.05) is 31.1 Å². The Bertz CT molecular complexity index is 897. The standard InChI is InChI=1S/C20H23N5O/c1-15-16(17-5-2-3-6-18(17)23-15)7-8-19(26)24-11-13-25(14-12-24)20-21-9-4-10-22-20/h2-6,9-10,23H,7-8,11-14H2,1H3. The smallest absolute Gasteiger partial charge is 0.225 e. The van der Waals surface area contributed by atoms with E-state index in [9.17, 15) is 4.79 Å². The van der Waals surface area contributed by atoms with Crippen molar-refractivity contribution in [2.45, 2.75) is 19.8 Å². The molecular weight excluding hydrogens is 326 g/mol. The number of aryl methyl sites for hydroxylation is 2. The van der Waals surface area contributed by atoms with E-state index in [1.165, 1.54) is 10.9 Å². The summed E-state index contributed by atoms with van der Waals surface area (Å²) < 4.78 is 0. The third kappa shape index (κ3) is 3.27. The van der Waals surface area contributed by atoms with Crippen molar-refractivity contribution in [2.24, 2.45) is 0 Å². The van der Waals surface area contributed by atoms with Gasteiger partial charge < -0.3 is 14.8 Å². The van der Waals surface area contributed by atoms with E-state index in [4.69, 9.17) is 0 Å². The number of para-hydroxylation sites is 1. The highest BCUT2D eigenvalue weighted by Crippen LogP contribution is 2.23. The lowest BCUT2D eigenvalue weighted by molar-refractivity contribution is -0.131. The number of hydrogen-bond donors (Lipinski definition) is 1. The van der Waals surface area contributed by atoms with Gasteiger partial charge in [-0.15, -0.1) is 0 Å². The molecule has 0 bridgehead atoms. The Morgan fingerprint density at radius 2 is 1.81 bits per heavy atom. The molecule has 3 aromatic rings. The number of carbonyl (C=O) groups excluding carboxylic acids is 1. The van der Waals surface area contributed by atoms with Crippen LogP contribution in [-0.4, -0.2) is 51.9 Å². The van der Waals surface area contributed by atoms with E-state index >= 15 is 0 Å². The average molecular weight is 349 g/mol. The minimum atomic E-state index is 0.225. The topological polar surface area (TPSA) is 65.1 Å². The van der Waals surface area contributed by atoms with Gasteiger partial charge in [0.05, 0.1) is 0 Å². The van der Waals surface area contributed by atoms with Crippen LogP contribution in [0.4, 0.5) is 5.95 Å². The number of amides is 1. The first kappa shape index (κ1) is 16.6. The molecule has 1 aliphatic rings. The molecule has 0 unspecified atom stereocenters. The van der Waals surface area contributed by atoms with E-state index in [1.54, 1.807) is 12.4 Å². The van der Waals surface area contributed by atoms with Crippen molar-refractivity contribution in [1.82, 2.24) is 19.9 Å². The van der Waals surface area contributed by atoms with Crippen molar-refractivity contribution < 1.29 is 4.79 Å². The number of rotatable bonds is 4. The van der Waals surface area contributed by atoms with Crippen molar-refractivity contribution in [3.05, 3.63) is 54.0 Å². The van der Waals surface area contributed by atoms with Crippen molar-refractivity contribution in [3.8, 4) is 0 Å². The van der Waals surface area contributed by atoms with E-state index in [1.807, 2.05) is 23.1 Å². The van der Waals surface area contributed by atoms with Gasteiger partial charge in [-0.05, 0) is 31.0 Å². The first-order chi connectivity index (χ1) is 12.7. The van der Waals surface area contributed by atoms with Crippen LogP contribution in [0.25, 0.3) is 10.9 Å². The second-order valence-electron chi connectivity index (χ2n) is 6.69. The summed E-state index contributed by atoms with van der Waals surface area (Å²) in [5.41, 5.74) is 3.55. The molecule has 6 nitrogen and oxygen atoms in total. The Morgan fingerprint density at radius 1 is 1.08 bits per heavy atom. The van der Waals surface area contributed by atoms with Crippen LogP contribution in [0.2, 0.25) is 0 Å². The molecule has 1 saturated heterocycles. The molecule has 2 aromatic heterocycles. The summed E-state index contributed by atoms with van der Waals surface area (Å²) >= 11 is 0. The summed E-state index contributed by atoms with van der Waals surface area (Å²) in [6.07, 6.45) is 4.83. The molecule has 0 radical (unpaired) electrons. The predicted octanol–water partition coefficient (Wildman–Crippen LogP) is 2.55. The van der Waals surface area contributed by atoms with Crippen LogP contribution in [0.1, 0.15) is 17.7 Å². The molecule has 0 atom stereocenters. The largest absolute Gasteiger partial charge is 0.358 e. The fourth-order valence-electron chi connectivity index (χ4n) is 3.66. The average Bonchev–Trinajstić information content (AvgIpc) is 3.02. The molecule has 1 N–H and O–H groups in total. The highest BCUT2D eigenvalue weighted by atomic mass is 16.2. The minimum Gasteiger partial charge on any atom is -0.358 e. The van der Waals surface area contributed by atoms with E-state index in [0.717, 1.165) is 49.8 Å². The maximum atomic E-state index is 12.6. The monoisotopic (exact) mass is 349 g/mol.